The van der Waals surface area contributed by atoms with E-state index >= 15 is 0 Å². The van der Waals surface area contributed by atoms with Crippen LogP contribution in [0, 0.1) is 4.91 Å². The van der Waals surface area contributed by atoms with E-state index in [1.807, 2.05) is 18.2 Å². The highest BCUT2D eigenvalue weighted by Gasteiger charge is 2.20. The first-order valence-corrected chi connectivity index (χ1v) is 12.6. The molecule has 0 radical (unpaired) electrons. The largest absolute Gasteiger partial charge is 0.360 e. The minimum Gasteiger partial charge on any atom is -0.360 e. The molecule has 0 aliphatic heterocycles. The number of rotatable bonds is 8. The summed E-state index contributed by atoms with van der Waals surface area (Å²) < 4.78 is 7.67. The second-order valence-corrected chi connectivity index (χ2v) is 13.2. The Morgan fingerprint density at radius 3 is 2.56 bits per heavy atom. The van der Waals surface area contributed by atoms with E-state index in [9.17, 15) is 4.91 Å². The van der Waals surface area contributed by atoms with E-state index in [2.05, 4.69) is 24.6 Å². The van der Waals surface area contributed by atoms with Crippen molar-refractivity contribution in [2.45, 2.75) is 32.4 Å². The molecule has 2 aromatic heterocycles. The fourth-order valence-electron chi connectivity index (χ4n) is 2.73. The quantitative estimate of drug-likeness (QED) is 0.327. The molecule has 0 amide bonds. The highest BCUT2D eigenvalue weighted by Crippen LogP contribution is 2.30. The van der Waals surface area contributed by atoms with Gasteiger partial charge in [-0.1, -0.05) is 19.6 Å². The SMILES string of the molecule is CO[N+](=O)c1ccc2c(-c3ccncc3)nn(COCC[Si](C)(C)C)c2c1. The molecule has 142 valence electrons. The maximum atomic E-state index is 11.8. The molecule has 0 unspecified atom stereocenters. The molecule has 0 spiro atoms. The van der Waals surface area contributed by atoms with Gasteiger partial charge in [0.25, 0.3) is 4.92 Å². The minimum absolute atomic E-state index is 0.335. The van der Waals surface area contributed by atoms with Crippen LogP contribution in [0.1, 0.15) is 0 Å². The molecule has 0 fully saturated rings. The lowest BCUT2D eigenvalue weighted by molar-refractivity contribution is -0.736. The standard InChI is InChI=1S/C19H25N4O3Si/c1-25-23(24)16-5-6-17-18(13-16)22(14-26-11-12-27(2,3)4)21-19(17)15-7-9-20-10-8-15/h5-10,13H,11-12,14H2,1-4H3/q+1. The van der Waals surface area contributed by atoms with Gasteiger partial charge >= 0.3 is 5.69 Å². The van der Waals surface area contributed by atoms with Crippen LogP contribution in [0.25, 0.3) is 22.2 Å². The van der Waals surface area contributed by atoms with Crippen molar-refractivity contribution in [3.63, 3.8) is 0 Å². The van der Waals surface area contributed by atoms with Crippen LogP contribution in [-0.4, -0.2) is 41.5 Å². The third-order valence-corrected chi connectivity index (χ3v) is 5.98. The van der Waals surface area contributed by atoms with Crippen LogP contribution >= 0.6 is 0 Å². The Morgan fingerprint density at radius 1 is 1.15 bits per heavy atom. The highest BCUT2D eigenvalue weighted by atomic mass is 28.3. The molecule has 27 heavy (non-hydrogen) atoms. The fraction of sp³-hybridized carbons (Fsp3) is 0.368. The molecule has 0 saturated carbocycles. The maximum absolute atomic E-state index is 11.8. The molecule has 3 aromatic rings. The van der Waals surface area contributed by atoms with Gasteiger partial charge in [-0.2, -0.15) is 5.10 Å². The van der Waals surface area contributed by atoms with Gasteiger partial charge in [0.2, 0.25) is 0 Å². The van der Waals surface area contributed by atoms with E-state index in [0.717, 1.165) is 28.2 Å². The van der Waals surface area contributed by atoms with E-state index < -0.39 is 8.07 Å². The van der Waals surface area contributed by atoms with Gasteiger partial charge in [0, 0.05) is 50.2 Å². The number of hydrogen-bond acceptors (Lipinski definition) is 5. The normalized spacial score (nSPS) is 11.7. The molecule has 3 rings (SSSR count). The van der Waals surface area contributed by atoms with E-state index in [1.165, 1.54) is 7.11 Å². The van der Waals surface area contributed by atoms with Crippen molar-refractivity contribution in [1.29, 1.82) is 0 Å². The lowest BCUT2D eigenvalue weighted by atomic mass is 10.1. The summed E-state index contributed by atoms with van der Waals surface area (Å²) in [5.41, 5.74) is 3.04. The molecule has 7 nitrogen and oxygen atoms in total. The van der Waals surface area contributed by atoms with Crippen molar-refractivity contribution in [3.8, 4) is 11.3 Å². The first kappa shape index (κ1) is 19.2. The Labute approximate surface area is 159 Å². The lowest BCUT2D eigenvalue weighted by Crippen LogP contribution is -2.22. The van der Waals surface area contributed by atoms with Gasteiger partial charge in [-0.05, 0) is 24.2 Å². The van der Waals surface area contributed by atoms with Gasteiger partial charge in [0.05, 0.1) is 10.4 Å². The first-order valence-electron chi connectivity index (χ1n) is 8.89. The zero-order valence-corrected chi connectivity index (χ0v) is 17.2. The number of fused-ring (bicyclic) bond motifs is 1. The molecule has 1 aromatic carbocycles. The van der Waals surface area contributed by atoms with Gasteiger partial charge in [-0.3, -0.25) is 4.98 Å². The molecular weight excluding hydrogens is 360 g/mol. The van der Waals surface area contributed by atoms with Gasteiger partial charge in [-0.25, -0.2) is 9.52 Å². The Hall–Kier alpha value is -2.58. The molecule has 0 aliphatic carbocycles. The van der Waals surface area contributed by atoms with Gasteiger partial charge in [0.15, 0.2) is 7.11 Å². The predicted molar refractivity (Wildman–Crippen MR) is 107 cm³/mol. The number of hydrogen-bond donors (Lipinski definition) is 0. The Kier molecular flexibility index (Phi) is 5.67. The Bertz CT molecular complexity index is 935. The minimum atomic E-state index is -1.15. The van der Waals surface area contributed by atoms with E-state index in [4.69, 9.17) is 14.7 Å². The molecule has 2 heterocycles. The first-order chi connectivity index (χ1) is 12.9. The lowest BCUT2D eigenvalue weighted by Gasteiger charge is -2.15. The summed E-state index contributed by atoms with van der Waals surface area (Å²) in [5, 5.41) is 5.68. The van der Waals surface area contributed by atoms with Crippen molar-refractivity contribution < 1.29 is 14.5 Å². The topological polar surface area (TPSA) is 69.2 Å². The van der Waals surface area contributed by atoms with Gasteiger partial charge in [0.1, 0.15) is 12.4 Å². The Morgan fingerprint density at radius 2 is 1.89 bits per heavy atom. The number of ether oxygens (including phenoxy) is 1. The fourth-order valence-corrected chi connectivity index (χ4v) is 3.49. The summed E-state index contributed by atoms with van der Waals surface area (Å²) in [6, 6.07) is 10.3. The van der Waals surface area contributed by atoms with Crippen molar-refractivity contribution >= 4 is 24.7 Å². The van der Waals surface area contributed by atoms with Crippen molar-refractivity contribution in [2.24, 2.45) is 0 Å². The van der Waals surface area contributed by atoms with Gasteiger partial charge < -0.3 is 4.74 Å². The summed E-state index contributed by atoms with van der Waals surface area (Å²) in [6.45, 7) is 8.00. The van der Waals surface area contributed by atoms with E-state index in [0.29, 0.717) is 23.9 Å². The van der Waals surface area contributed by atoms with Crippen molar-refractivity contribution in [2.75, 3.05) is 13.7 Å². The second kappa shape index (κ2) is 7.97. The molecule has 0 atom stereocenters. The van der Waals surface area contributed by atoms with Crippen molar-refractivity contribution in [1.82, 2.24) is 14.8 Å². The van der Waals surface area contributed by atoms with Gasteiger partial charge in [-0.15, -0.1) is 0 Å². The van der Waals surface area contributed by atoms with Crippen LogP contribution in [0.3, 0.4) is 0 Å². The molecule has 0 N–H and O–H groups in total. The third kappa shape index (κ3) is 4.58. The van der Waals surface area contributed by atoms with Crippen LogP contribution in [0.2, 0.25) is 25.7 Å². The van der Waals surface area contributed by atoms with E-state index in [-0.39, 0.29) is 0 Å². The zero-order chi connectivity index (χ0) is 19.4. The number of benzene rings is 1. The summed E-state index contributed by atoms with van der Waals surface area (Å²) in [6.07, 6.45) is 3.48. The number of nitrogens with zero attached hydrogens (tertiary/aromatic N) is 4. The second-order valence-electron chi connectivity index (χ2n) is 7.57. The third-order valence-electron chi connectivity index (χ3n) is 4.28. The average Bonchev–Trinajstić information content (AvgIpc) is 3.02. The maximum Gasteiger partial charge on any atom is 0.318 e. The molecule has 8 heteroatoms. The van der Waals surface area contributed by atoms with Crippen LogP contribution < -0.4 is 0 Å². The summed E-state index contributed by atoms with van der Waals surface area (Å²) in [4.78, 5) is 21.2. The summed E-state index contributed by atoms with van der Waals surface area (Å²) in [7, 11) is 0.192. The summed E-state index contributed by atoms with van der Waals surface area (Å²) >= 11 is 0. The molecule has 0 bridgehead atoms. The zero-order valence-electron chi connectivity index (χ0n) is 16.2. The van der Waals surface area contributed by atoms with Crippen LogP contribution in [-0.2, 0) is 16.3 Å². The predicted octanol–water partition coefficient (Wildman–Crippen LogP) is 4.38. The highest BCUT2D eigenvalue weighted by molar-refractivity contribution is 6.76. The van der Waals surface area contributed by atoms with Crippen molar-refractivity contribution in [3.05, 3.63) is 47.6 Å². The molecular formula is C19H25N4O3Si+. The molecule has 0 aliphatic rings. The van der Waals surface area contributed by atoms with E-state index in [1.54, 1.807) is 29.2 Å². The number of aromatic nitrogens is 3. The average molecular weight is 386 g/mol. The van der Waals surface area contributed by atoms with Crippen LogP contribution in [0.15, 0.2) is 42.7 Å². The Balaban J connectivity index is 1.96. The monoisotopic (exact) mass is 385 g/mol. The van der Waals surface area contributed by atoms with Crippen LogP contribution in [0.4, 0.5) is 5.69 Å². The number of pyridine rings is 1. The molecule has 0 saturated heterocycles. The van der Waals surface area contributed by atoms with Crippen LogP contribution in [0.5, 0.6) is 0 Å². The smallest absolute Gasteiger partial charge is 0.318 e. The summed E-state index contributed by atoms with van der Waals surface area (Å²) in [5.74, 6) is 0.